The minimum Gasteiger partial charge on any atom is -0.396 e. The van der Waals surface area contributed by atoms with Crippen LogP contribution < -0.4 is 16.0 Å². The number of rotatable bonds is 1. The molecule has 0 spiro atoms. The number of pyridine rings is 1. The topological polar surface area (TPSA) is 92.7 Å². The molecule has 0 bridgehead atoms. The van der Waals surface area contributed by atoms with Crippen molar-refractivity contribution in [1.29, 1.82) is 0 Å². The third-order valence-corrected chi connectivity index (χ3v) is 2.87. The third-order valence-electron chi connectivity index (χ3n) is 2.87. The highest BCUT2D eigenvalue weighted by Gasteiger charge is 2.24. The fraction of sp³-hybridized carbons (Fsp3) is 0.182. The van der Waals surface area contributed by atoms with Gasteiger partial charge in [0.2, 0.25) is 5.91 Å². The van der Waals surface area contributed by atoms with E-state index in [1.807, 2.05) is 0 Å². The first-order valence-electron chi connectivity index (χ1n) is 5.49. The zero-order chi connectivity index (χ0) is 12.7. The van der Waals surface area contributed by atoms with Gasteiger partial charge in [0, 0.05) is 31.6 Å². The van der Waals surface area contributed by atoms with Gasteiger partial charge < -0.3 is 10.1 Å². The van der Waals surface area contributed by atoms with E-state index in [0.29, 0.717) is 23.6 Å². The van der Waals surface area contributed by atoms with E-state index in [1.165, 1.54) is 4.90 Å². The maximum atomic E-state index is 11.7. The van der Waals surface area contributed by atoms with Crippen LogP contribution in [0.5, 0.6) is 0 Å². The summed E-state index contributed by atoms with van der Waals surface area (Å²) in [6.07, 6.45) is 5.43. The molecule has 0 aliphatic carbocycles. The second-order valence-corrected chi connectivity index (χ2v) is 4.07. The first-order chi connectivity index (χ1) is 8.65. The van der Waals surface area contributed by atoms with Gasteiger partial charge in [0.1, 0.15) is 0 Å². The van der Waals surface area contributed by atoms with Crippen molar-refractivity contribution in [3.05, 3.63) is 24.7 Å². The average Bonchev–Trinajstić information content (AvgIpc) is 2.77. The predicted molar refractivity (Wildman–Crippen MR) is 65.1 cm³/mol. The number of nitrogens with one attached hydrogen (secondary N) is 1. The molecule has 7 nitrogen and oxygen atoms in total. The van der Waals surface area contributed by atoms with Crippen LogP contribution in [-0.4, -0.2) is 27.9 Å². The summed E-state index contributed by atoms with van der Waals surface area (Å²) in [5.41, 5.74) is 7.65. The van der Waals surface area contributed by atoms with Crippen LogP contribution in [0.25, 0.3) is 5.65 Å². The number of hydrogen-bond donors (Lipinski definition) is 2. The SMILES string of the molecule is Nc1cc(N2CCC(=O)NC2=O)cn2ccnc12. The fourth-order valence-corrected chi connectivity index (χ4v) is 2.00. The first kappa shape index (κ1) is 10.6. The lowest BCUT2D eigenvalue weighted by Gasteiger charge is -2.26. The molecule has 7 heteroatoms. The van der Waals surface area contributed by atoms with Crippen molar-refractivity contribution >= 4 is 29.0 Å². The van der Waals surface area contributed by atoms with Crippen LogP contribution in [0.4, 0.5) is 16.2 Å². The van der Waals surface area contributed by atoms with Crippen molar-refractivity contribution in [3.63, 3.8) is 0 Å². The lowest BCUT2D eigenvalue weighted by atomic mass is 10.2. The summed E-state index contributed by atoms with van der Waals surface area (Å²) >= 11 is 0. The second-order valence-electron chi connectivity index (χ2n) is 4.07. The molecule has 2 aromatic heterocycles. The van der Waals surface area contributed by atoms with E-state index in [1.54, 1.807) is 29.1 Å². The molecule has 3 rings (SSSR count). The van der Waals surface area contributed by atoms with Gasteiger partial charge in [-0.25, -0.2) is 9.78 Å². The molecule has 92 valence electrons. The van der Waals surface area contributed by atoms with E-state index in [-0.39, 0.29) is 12.3 Å². The second kappa shape index (κ2) is 3.73. The van der Waals surface area contributed by atoms with E-state index in [4.69, 9.17) is 5.73 Å². The number of aromatic nitrogens is 2. The number of carbonyl (C=O) groups is 2. The van der Waals surface area contributed by atoms with Gasteiger partial charge in [0.15, 0.2) is 5.65 Å². The average molecular weight is 245 g/mol. The Balaban J connectivity index is 2.03. The summed E-state index contributed by atoms with van der Waals surface area (Å²) in [5, 5.41) is 2.27. The number of carbonyl (C=O) groups excluding carboxylic acids is 2. The Morgan fingerprint density at radius 3 is 3.00 bits per heavy atom. The molecular weight excluding hydrogens is 234 g/mol. The lowest BCUT2D eigenvalue weighted by Crippen LogP contribution is -2.49. The van der Waals surface area contributed by atoms with Crippen molar-refractivity contribution in [1.82, 2.24) is 14.7 Å². The number of imidazole rings is 1. The van der Waals surface area contributed by atoms with Crippen LogP contribution in [0.1, 0.15) is 6.42 Å². The number of amides is 3. The van der Waals surface area contributed by atoms with Crippen LogP contribution in [0, 0.1) is 0 Å². The molecule has 0 atom stereocenters. The first-order valence-corrected chi connectivity index (χ1v) is 5.49. The number of nitrogen functional groups attached to an aromatic ring is 1. The number of hydrogen-bond acceptors (Lipinski definition) is 4. The van der Waals surface area contributed by atoms with Crippen molar-refractivity contribution in [3.8, 4) is 0 Å². The van der Waals surface area contributed by atoms with E-state index in [2.05, 4.69) is 10.3 Å². The third kappa shape index (κ3) is 1.56. The van der Waals surface area contributed by atoms with Crippen LogP contribution in [0.15, 0.2) is 24.7 Å². The van der Waals surface area contributed by atoms with Gasteiger partial charge >= 0.3 is 6.03 Å². The van der Waals surface area contributed by atoms with Crippen LogP contribution in [-0.2, 0) is 4.79 Å². The summed E-state index contributed by atoms with van der Waals surface area (Å²) in [6, 6.07) is 1.25. The Morgan fingerprint density at radius 1 is 1.39 bits per heavy atom. The van der Waals surface area contributed by atoms with Crippen LogP contribution >= 0.6 is 0 Å². The molecule has 3 amide bonds. The van der Waals surface area contributed by atoms with Gasteiger partial charge in [0.05, 0.1) is 11.4 Å². The molecule has 3 N–H and O–H groups in total. The quantitative estimate of drug-likeness (QED) is 0.758. The number of anilines is 2. The molecule has 0 radical (unpaired) electrons. The van der Waals surface area contributed by atoms with Gasteiger partial charge in [-0.3, -0.25) is 15.0 Å². The van der Waals surface area contributed by atoms with Gasteiger partial charge in [-0.2, -0.15) is 0 Å². The minimum atomic E-state index is -0.426. The molecule has 3 heterocycles. The molecule has 0 aromatic carbocycles. The minimum absolute atomic E-state index is 0.257. The number of nitrogens with zero attached hydrogens (tertiary/aromatic N) is 3. The summed E-state index contributed by atoms with van der Waals surface area (Å²) in [7, 11) is 0. The van der Waals surface area contributed by atoms with Gasteiger partial charge in [0.25, 0.3) is 0 Å². The summed E-state index contributed by atoms with van der Waals surface area (Å²) in [5.74, 6) is -0.257. The normalized spacial score (nSPS) is 16.1. The van der Waals surface area contributed by atoms with E-state index in [0.717, 1.165) is 0 Å². The van der Waals surface area contributed by atoms with Gasteiger partial charge in [-0.05, 0) is 6.07 Å². The predicted octanol–water partition coefficient (Wildman–Crippen LogP) is 0.363. The Labute approximate surface area is 102 Å². The summed E-state index contributed by atoms with van der Waals surface area (Å²) < 4.78 is 1.74. The maximum absolute atomic E-state index is 11.7. The molecule has 2 aromatic rings. The highest BCUT2D eigenvalue weighted by molar-refractivity contribution is 6.05. The largest absolute Gasteiger partial charge is 0.396 e. The monoisotopic (exact) mass is 245 g/mol. The van der Waals surface area contributed by atoms with Crippen LogP contribution in [0.3, 0.4) is 0 Å². The fourth-order valence-electron chi connectivity index (χ4n) is 2.00. The van der Waals surface area contributed by atoms with Crippen molar-refractivity contribution in [2.24, 2.45) is 0 Å². The van der Waals surface area contributed by atoms with Crippen molar-refractivity contribution < 1.29 is 9.59 Å². The maximum Gasteiger partial charge on any atom is 0.328 e. The lowest BCUT2D eigenvalue weighted by molar-refractivity contribution is -0.120. The van der Waals surface area contributed by atoms with Gasteiger partial charge in [-0.1, -0.05) is 0 Å². The number of imide groups is 1. The van der Waals surface area contributed by atoms with Crippen molar-refractivity contribution in [2.75, 3.05) is 17.2 Å². The van der Waals surface area contributed by atoms with Gasteiger partial charge in [-0.15, -0.1) is 0 Å². The molecule has 0 unspecified atom stereocenters. The standard InChI is InChI=1S/C11H11N5O2/c12-8-5-7(6-15-4-2-13-10(8)15)16-3-1-9(17)14-11(16)18/h2,4-6H,1,3,12H2,(H,14,17,18). The number of nitrogens with two attached hydrogens (primary N) is 1. The zero-order valence-corrected chi connectivity index (χ0v) is 9.46. The molecule has 18 heavy (non-hydrogen) atoms. The number of fused-ring (bicyclic) bond motifs is 1. The molecule has 0 saturated carbocycles. The Kier molecular flexibility index (Phi) is 2.19. The Hall–Kier alpha value is -2.57. The van der Waals surface area contributed by atoms with E-state index >= 15 is 0 Å². The van der Waals surface area contributed by atoms with Crippen molar-refractivity contribution in [2.45, 2.75) is 6.42 Å². The molecule has 1 saturated heterocycles. The molecular formula is C11H11N5O2. The molecule has 1 fully saturated rings. The Morgan fingerprint density at radius 2 is 2.22 bits per heavy atom. The van der Waals surface area contributed by atoms with E-state index in [9.17, 15) is 9.59 Å². The van der Waals surface area contributed by atoms with E-state index < -0.39 is 6.03 Å². The molecule has 1 aliphatic heterocycles. The zero-order valence-electron chi connectivity index (χ0n) is 9.46. The smallest absolute Gasteiger partial charge is 0.328 e. The summed E-state index contributed by atoms with van der Waals surface area (Å²) in [4.78, 5) is 28.4. The highest BCUT2D eigenvalue weighted by atomic mass is 16.2. The highest BCUT2D eigenvalue weighted by Crippen LogP contribution is 2.22. The molecule has 1 aliphatic rings. The number of urea groups is 1. The van der Waals surface area contributed by atoms with Crippen LogP contribution in [0.2, 0.25) is 0 Å². The Bertz CT molecular complexity index is 648. The summed E-state index contributed by atoms with van der Waals surface area (Å²) in [6.45, 7) is 0.351.